The minimum atomic E-state index is -3.73. The number of nitrogens with one attached hydrogen (secondary N) is 2. The van der Waals surface area contributed by atoms with Crippen molar-refractivity contribution in [1.82, 2.24) is 4.72 Å². The van der Waals surface area contributed by atoms with E-state index in [1.54, 1.807) is 0 Å². The second-order valence-corrected chi connectivity index (χ2v) is 4.88. The molecule has 18 heavy (non-hydrogen) atoms. The summed E-state index contributed by atoms with van der Waals surface area (Å²) in [5, 5.41) is 9.60. The van der Waals surface area contributed by atoms with Crippen molar-refractivity contribution < 1.29 is 23.0 Å². The summed E-state index contributed by atoms with van der Waals surface area (Å²) in [5.74, 6) is 0.217. The van der Waals surface area contributed by atoms with Crippen LogP contribution in [0.4, 0.5) is 5.69 Å². The molecule has 1 aromatic carbocycles. The molecule has 0 radical (unpaired) electrons. The van der Waals surface area contributed by atoms with Crippen LogP contribution in [0.2, 0.25) is 0 Å². The van der Waals surface area contributed by atoms with Crippen LogP contribution in [0.3, 0.4) is 0 Å². The molecule has 0 amide bonds. The van der Waals surface area contributed by atoms with Gasteiger partial charge in [0.1, 0.15) is 11.5 Å². The third-order valence-electron chi connectivity index (χ3n) is 2.05. The Hall–Kier alpha value is -1.51. The molecular weight excluding hydrogens is 260 g/mol. The SMILES string of the molecule is COCCNS(=O)(=O)Nc1ccc(OC)cc1O. The van der Waals surface area contributed by atoms with Gasteiger partial charge in [0.05, 0.1) is 19.4 Å². The molecule has 0 heterocycles. The molecule has 0 bridgehead atoms. The third kappa shape index (κ3) is 4.40. The molecule has 0 atom stereocenters. The summed E-state index contributed by atoms with van der Waals surface area (Å²) in [4.78, 5) is 0. The lowest BCUT2D eigenvalue weighted by Gasteiger charge is -2.11. The van der Waals surface area contributed by atoms with E-state index in [2.05, 4.69) is 9.44 Å². The van der Waals surface area contributed by atoms with Gasteiger partial charge in [0.25, 0.3) is 10.2 Å². The van der Waals surface area contributed by atoms with Crippen LogP contribution in [0.15, 0.2) is 18.2 Å². The second kappa shape index (κ2) is 6.43. The molecule has 0 saturated carbocycles. The van der Waals surface area contributed by atoms with Crippen LogP contribution >= 0.6 is 0 Å². The van der Waals surface area contributed by atoms with Crippen molar-refractivity contribution in [1.29, 1.82) is 0 Å². The highest BCUT2D eigenvalue weighted by molar-refractivity contribution is 7.90. The number of methoxy groups -OCH3 is 2. The monoisotopic (exact) mass is 276 g/mol. The van der Waals surface area contributed by atoms with Crippen LogP contribution in [0.5, 0.6) is 11.5 Å². The van der Waals surface area contributed by atoms with Gasteiger partial charge in [-0.1, -0.05) is 0 Å². The van der Waals surface area contributed by atoms with E-state index in [1.807, 2.05) is 0 Å². The molecule has 0 spiro atoms. The molecule has 0 saturated heterocycles. The summed E-state index contributed by atoms with van der Waals surface area (Å²) >= 11 is 0. The number of rotatable bonds is 7. The van der Waals surface area contributed by atoms with Crippen LogP contribution in [0.1, 0.15) is 0 Å². The van der Waals surface area contributed by atoms with Crippen LogP contribution < -0.4 is 14.2 Å². The predicted octanol–water partition coefficient (Wildman–Crippen LogP) is 0.293. The fourth-order valence-electron chi connectivity index (χ4n) is 1.18. The largest absolute Gasteiger partial charge is 0.506 e. The molecule has 0 unspecified atom stereocenters. The van der Waals surface area contributed by atoms with Crippen LogP contribution in [0.25, 0.3) is 0 Å². The van der Waals surface area contributed by atoms with E-state index in [4.69, 9.17) is 9.47 Å². The Morgan fingerprint density at radius 3 is 2.61 bits per heavy atom. The maximum atomic E-state index is 11.6. The highest BCUT2D eigenvalue weighted by atomic mass is 32.2. The molecule has 7 nitrogen and oxygen atoms in total. The van der Waals surface area contributed by atoms with Crippen molar-refractivity contribution >= 4 is 15.9 Å². The Bertz CT molecular complexity index is 489. The summed E-state index contributed by atoms with van der Waals surface area (Å²) in [6, 6.07) is 4.25. The Labute approximate surface area is 106 Å². The Morgan fingerprint density at radius 1 is 1.33 bits per heavy atom. The highest BCUT2D eigenvalue weighted by Crippen LogP contribution is 2.28. The first-order chi connectivity index (χ1) is 8.48. The number of ether oxygens (including phenoxy) is 2. The van der Waals surface area contributed by atoms with Crippen molar-refractivity contribution in [3.05, 3.63) is 18.2 Å². The fraction of sp³-hybridized carbons (Fsp3) is 0.400. The van der Waals surface area contributed by atoms with Gasteiger partial charge in [-0.15, -0.1) is 0 Å². The third-order valence-corrected chi connectivity index (χ3v) is 3.12. The van der Waals surface area contributed by atoms with Gasteiger partial charge in [0.15, 0.2) is 0 Å². The Morgan fingerprint density at radius 2 is 2.06 bits per heavy atom. The predicted molar refractivity (Wildman–Crippen MR) is 67.1 cm³/mol. The van der Waals surface area contributed by atoms with Crippen molar-refractivity contribution in [2.45, 2.75) is 0 Å². The number of phenols is 1. The maximum absolute atomic E-state index is 11.6. The fourth-order valence-corrected chi connectivity index (χ4v) is 2.07. The zero-order chi connectivity index (χ0) is 13.6. The molecule has 0 aliphatic rings. The zero-order valence-electron chi connectivity index (χ0n) is 10.1. The number of hydrogen-bond donors (Lipinski definition) is 3. The summed E-state index contributed by atoms with van der Waals surface area (Å²) in [6.07, 6.45) is 0. The molecule has 1 rings (SSSR count). The van der Waals surface area contributed by atoms with E-state index in [0.29, 0.717) is 5.75 Å². The standard InChI is InChI=1S/C10H16N2O5S/c1-16-6-5-11-18(14,15)12-9-4-3-8(17-2)7-10(9)13/h3-4,7,11-13H,5-6H2,1-2H3. The Kier molecular flexibility index (Phi) is 5.20. The lowest BCUT2D eigenvalue weighted by molar-refractivity contribution is 0.204. The van der Waals surface area contributed by atoms with Gasteiger partial charge >= 0.3 is 0 Å². The minimum absolute atomic E-state index is 0.0701. The van der Waals surface area contributed by atoms with E-state index in [-0.39, 0.29) is 24.6 Å². The van der Waals surface area contributed by atoms with E-state index in [1.165, 1.54) is 32.4 Å². The smallest absolute Gasteiger partial charge is 0.299 e. The first-order valence-electron chi connectivity index (χ1n) is 5.12. The summed E-state index contributed by atoms with van der Waals surface area (Å²) in [7, 11) is -0.811. The average molecular weight is 276 g/mol. The second-order valence-electron chi connectivity index (χ2n) is 3.38. The molecule has 0 fully saturated rings. The van der Waals surface area contributed by atoms with Crippen molar-refractivity contribution in [2.75, 3.05) is 32.1 Å². The Balaban J connectivity index is 2.72. The minimum Gasteiger partial charge on any atom is -0.506 e. The summed E-state index contributed by atoms with van der Waals surface area (Å²) < 4.78 is 37.2. The lowest BCUT2D eigenvalue weighted by atomic mass is 10.3. The lowest BCUT2D eigenvalue weighted by Crippen LogP contribution is -2.32. The van der Waals surface area contributed by atoms with Gasteiger partial charge in [0.2, 0.25) is 0 Å². The molecular formula is C10H16N2O5S. The first-order valence-corrected chi connectivity index (χ1v) is 6.60. The number of phenolic OH excluding ortho intramolecular Hbond substituents is 1. The van der Waals surface area contributed by atoms with Crippen LogP contribution in [-0.2, 0) is 14.9 Å². The van der Waals surface area contributed by atoms with E-state index in [9.17, 15) is 13.5 Å². The van der Waals surface area contributed by atoms with E-state index < -0.39 is 10.2 Å². The van der Waals surface area contributed by atoms with Crippen molar-refractivity contribution in [2.24, 2.45) is 0 Å². The average Bonchev–Trinajstić information content (AvgIpc) is 2.31. The number of hydrogen-bond acceptors (Lipinski definition) is 5. The van der Waals surface area contributed by atoms with Crippen LogP contribution in [-0.4, -0.2) is 40.9 Å². The van der Waals surface area contributed by atoms with E-state index >= 15 is 0 Å². The van der Waals surface area contributed by atoms with Gasteiger partial charge in [-0.2, -0.15) is 13.1 Å². The molecule has 8 heteroatoms. The van der Waals surface area contributed by atoms with Gasteiger partial charge < -0.3 is 14.6 Å². The summed E-state index contributed by atoms with van der Waals surface area (Å²) in [6.45, 7) is 0.401. The first kappa shape index (κ1) is 14.6. The number of benzene rings is 1. The van der Waals surface area contributed by atoms with Crippen molar-refractivity contribution in [3.63, 3.8) is 0 Å². The number of aromatic hydroxyl groups is 1. The molecule has 3 N–H and O–H groups in total. The van der Waals surface area contributed by atoms with Crippen molar-refractivity contribution in [3.8, 4) is 11.5 Å². The van der Waals surface area contributed by atoms with Crippen LogP contribution in [0, 0.1) is 0 Å². The summed E-state index contributed by atoms with van der Waals surface area (Å²) in [5.41, 5.74) is 0.0701. The zero-order valence-corrected chi connectivity index (χ0v) is 11.0. The van der Waals surface area contributed by atoms with Gasteiger partial charge in [-0.25, -0.2) is 0 Å². The van der Waals surface area contributed by atoms with E-state index in [0.717, 1.165) is 0 Å². The topological polar surface area (TPSA) is 96.9 Å². The maximum Gasteiger partial charge on any atom is 0.299 e. The van der Waals surface area contributed by atoms with Gasteiger partial charge in [-0.05, 0) is 12.1 Å². The molecule has 102 valence electrons. The molecule has 0 aliphatic carbocycles. The number of anilines is 1. The molecule has 0 aliphatic heterocycles. The molecule has 1 aromatic rings. The van der Waals surface area contributed by atoms with Gasteiger partial charge in [-0.3, -0.25) is 4.72 Å². The normalized spacial score (nSPS) is 11.2. The van der Waals surface area contributed by atoms with Gasteiger partial charge in [0, 0.05) is 19.7 Å². The highest BCUT2D eigenvalue weighted by Gasteiger charge is 2.12. The molecule has 0 aromatic heterocycles. The quantitative estimate of drug-likeness (QED) is 0.491.